The molecule has 2 atom stereocenters. The van der Waals surface area contributed by atoms with Crippen molar-refractivity contribution in [3.05, 3.63) is 120 Å². The van der Waals surface area contributed by atoms with Crippen LogP contribution in [0.5, 0.6) is 0 Å². The van der Waals surface area contributed by atoms with Crippen LogP contribution in [0.25, 0.3) is 16.8 Å². The number of fused-ring (bicyclic) bond motifs is 1. The van der Waals surface area contributed by atoms with Gasteiger partial charge in [0, 0.05) is 16.1 Å². The van der Waals surface area contributed by atoms with E-state index in [-0.39, 0.29) is 6.61 Å². The Balaban J connectivity index is 1.71. The zero-order valence-electron chi connectivity index (χ0n) is 16.6. The lowest BCUT2D eigenvalue weighted by molar-refractivity contribution is 0.238. The van der Waals surface area contributed by atoms with Crippen LogP contribution in [-0.2, 0) is 16.2 Å². The molecule has 0 aliphatic rings. The lowest BCUT2D eigenvalue weighted by Gasteiger charge is -2.29. The molecule has 1 N–H and O–H groups in total. The van der Waals surface area contributed by atoms with Gasteiger partial charge in [0.15, 0.2) is 0 Å². The second-order valence-corrected chi connectivity index (χ2v) is 8.87. The van der Waals surface area contributed by atoms with Gasteiger partial charge in [0.1, 0.15) is 0 Å². The summed E-state index contributed by atoms with van der Waals surface area (Å²) in [5.74, 6) is 0.301. The lowest BCUT2D eigenvalue weighted by atomic mass is 9.82. The first-order valence-corrected chi connectivity index (χ1v) is 11.3. The minimum atomic E-state index is -1.28. The van der Waals surface area contributed by atoms with E-state index in [1.54, 1.807) is 0 Å². The first-order chi connectivity index (χ1) is 14.7. The highest BCUT2D eigenvalue weighted by molar-refractivity contribution is 7.85. The molecule has 30 heavy (non-hydrogen) atoms. The Morgan fingerprint density at radius 2 is 1.40 bits per heavy atom. The maximum atomic E-state index is 13.4. The molecular formula is C27H24O2S. The summed E-state index contributed by atoms with van der Waals surface area (Å²) in [6.07, 6.45) is 4.00. The van der Waals surface area contributed by atoms with Gasteiger partial charge in [-0.3, -0.25) is 4.21 Å². The number of rotatable bonds is 7. The molecule has 150 valence electrons. The van der Waals surface area contributed by atoms with Crippen LogP contribution in [0.4, 0.5) is 0 Å². The minimum absolute atomic E-state index is 0.125. The van der Waals surface area contributed by atoms with Crippen LogP contribution < -0.4 is 0 Å². The quantitative estimate of drug-likeness (QED) is 0.430. The summed E-state index contributed by atoms with van der Waals surface area (Å²) in [5, 5.41) is 12.7. The van der Waals surface area contributed by atoms with Gasteiger partial charge in [0.05, 0.1) is 17.4 Å². The zero-order valence-corrected chi connectivity index (χ0v) is 17.5. The number of aliphatic hydroxyl groups is 1. The van der Waals surface area contributed by atoms with Gasteiger partial charge in [0.2, 0.25) is 0 Å². The molecule has 0 heterocycles. The van der Waals surface area contributed by atoms with E-state index in [1.807, 2.05) is 115 Å². The highest BCUT2D eigenvalue weighted by atomic mass is 32.2. The Kier molecular flexibility index (Phi) is 6.22. The number of hydrogen-bond donors (Lipinski definition) is 1. The summed E-state index contributed by atoms with van der Waals surface area (Å²) in [5.41, 5.74) is 1.25. The van der Waals surface area contributed by atoms with E-state index in [2.05, 4.69) is 0 Å². The fourth-order valence-electron chi connectivity index (χ4n) is 3.63. The van der Waals surface area contributed by atoms with Crippen LogP contribution in [0.3, 0.4) is 0 Å². The summed E-state index contributed by atoms with van der Waals surface area (Å²) >= 11 is 0. The SMILES string of the molecule is O=S(CC(/C=C/c1ccccc1)(CO)c1ccccc1)c1ccc2ccccc2c1. The predicted octanol–water partition coefficient (Wildman–Crippen LogP) is 5.59. The topological polar surface area (TPSA) is 37.3 Å². The number of aliphatic hydroxyl groups excluding tert-OH is 1. The Labute approximate surface area is 180 Å². The van der Waals surface area contributed by atoms with Gasteiger partial charge < -0.3 is 5.11 Å². The van der Waals surface area contributed by atoms with E-state index in [0.29, 0.717) is 5.75 Å². The van der Waals surface area contributed by atoms with Crippen LogP contribution >= 0.6 is 0 Å². The van der Waals surface area contributed by atoms with E-state index in [9.17, 15) is 9.32 Å². The third-order valence-electron chi connectivity index (χ3n) is 5.40. The van der Waals surface area contributed by atoms with Gasteiger partial charge in [-0.05, 0) is 34.0 Å². The second-order valence-electron chi connectivity index (χ2n) is 7.42. The first-order valence-electron chi connectivity index (χ1n) is 9.98. The summed E-state index contributed by atoms with van der Waals surface area (Å²) in [4.78, 5) is 0.774. The standard InChI is InChI=1S/C27H24O2S/c28-20-27(25-13-5-2-6-14-25,18-17-22-9-3-1-4-10-22)21-30(29)26-16-15-23-11-7-8-12-24(23)19-26/h1-19,28H,20-21H2/b18-17+. The van der Waals surface area contributed by atoms with Crippen molar-refractivity contribution in [3.8, 4) is 0 Å². The molecule has 0 aliphatic carbocycles. The van der Waals surface area contributed by atoms with Crippen molar-refractivity contribution in [1.29, 1.82) is 0 Å². The van der Waals surface area contributed by atoms with Crippen LogP contribution in [0.2, 0.25) is 0 Å². The van der Waals surface area contributed by atoms with E-state index in [4.69, 9.17) is 0 Å². The van der Waals surface area contributed by atoms with Crippen LogP contribution in [0, 0.1) is 0 Å². The van der Waals surface area contributed by atoms with E-state index >= 15 is 0 Å². The summed E-state index contributed by atoms with van der Waals surface area (Å²) in [6, 6.07) is 33.8. The van der Waals surface area contributed by atoms with Crippen LogP contribution in [-0.4, -0.2) is 21.7 Å². The van der Waals surface area contributed by atoms with Crippen molar-refractivity contribution in [1.82, 2.24) is 0 Å². The number of hydrogen-bond acceptors (Lipinski definition) is 2. The Morgan fingerprint density at radius 3 is 2.10 bits per heavy atom. The van der Waals surface area contributed by atoms with Crippen molar-refractivity contribution >= 4 is 27.6 Å². The van der Waals surface area contributed by atoms with Crippen molar-refractivity contribution < 1.29 is 9.32 Å². The molecule has 4 aromatic rings. The Morgan fingerprint density at radius 1 is 0.767 bits per heavy atom. The van der Waals surface area contributed by atoms with Gasteiger partial charge in [-0.2, -0.15) is 0 Å². The van der Waals surface area contributed by atoms with Gasteiger partial charge in [0.25, 0.3) is 0 Å². The Bertz CT molecular complexity index is 1170. The molecule has 4 aromatic carbocycles. The van der Waals surface area contributed by atoms with Gasteiger partial charge >= 0.3 is 0 Å². The maximum Gasteiger partial charge on any atom is 0.0572 e. The molecule has 0 saturated heterocycles. The zero-order chi connectivity index (χ0) is 20.8. The fraction of sp³-hybridized carbons (Fsp3) is 0.111. The summed E-state index contributed by atoms with van der Waals surface area (Å²) in [6.45, 7) is -0.125. The van der Waals surface area contributed by atoms with Gasteiger partial charge in [-0.25, -0.2) is 0 Å². The van der Waals surface area contributed by atoms with Crippen LogP contribution in [0.1, 0.15) is 11.1 Å². The van der Waals surface area contributed by atoms with E-state index in [1.165, 1.54) is 0 Å². The molecule has 2 nitrogen and oxygen atoms in total. The molecule has 2 unspecified atom stereocenters. The molecule has 0 saturated carbocycles. The van der Waals surface area contributed by atoms with Crippen molar-refractivity contribution in [2.45, 2.75) is 10.3 Å². The third kappa shape index (κ3) is 4.43. The fourth-order valence-corrected chi connectivity index (χ4v) is 5.10. The molecule has 0 fully saturated rings. The van der Waals surface area contributed by atoms with Crippen LogP contribution in [0.15, 0.2) is 114 Å². The molecule has 0 amide bonds. The minimum Gasteiger partial charge on any atom is -0.395 e. The molecule has 4 rings (SSSR count). The molecule has 0 bridgehead atoms. The normalized spacial score (nSPS) is 14.6. The highest BCUT2D eigenvalue weighted by Crippen LogP contribution is 2.30. The molecule has 0 aromatic heterocycles. The van der Waals surface area contributed by atoms with E-state index in [0.717, 1.165) is 26.8 Å². The third-order valence-corrected chi connectivity index (χ3v) is 6.95. The van der Waals surface area contributed by atoms with Gasteiger partial charge in [-0.1, -0.05) is 103 Å². The summed E-state index contributed by atoms with van der Waals surface area (Å²) in [7, 11) is -1.28. The van der Waals surface area contributed by atoms with Crippen molar-refractivity contribution in [3.63, 3.8) is 0 Å². The molecule has 0 spiro atoms. The predicted molar refractivity (Wildman–Crippen MR) is 126 cm³/mol. The monoisotopic (exact) mass is 412 g/mol. The molecule has 0 aliphatic heterocycles. The molecular weight excluding hydrogens is 388 g/mol. The smallest absolute Gasteiger partial charge is 0.0572 e. The van der Waals surface area contributed by atoms with Crippen molar-refractivity contribution in [2.75, 3.05) is 12.4 Å². The molecule has 3 heteroatoms. The maximum absolute atomic E-state index is 13.4. The summed E-state index contributed by atoms with van der Waals surface area (Å²) < 4.78 is 13.4. The van der Waals surface area contributed by atoms with Gasteiger partial charge in [-0.15, -0.1) is 0 Å². The Hall–Kier alpha value is -3.01. The lowest BCUT2D eigenvalue weighted by Crippen LogP contribution is -2.34. The molecule has 0 radical (unpaired) electrons. The average Bonchev–Trinajstić information content (AvgIpc) is 2.82. The number of benzene rings is 4. The average molecular weight is 413 g/mol. The highest BCUT2D eigenvalue weighted by Gasteiger charge is 2.31. The largest absolute Gasteiger partial charge is 0.395 e. The first kappa shape index (κ1) is 20.3. The second kappa shape index (κ2) is 9.21. The van der Waals surface area contributed by atoms with Crippen molar-refractivity contribution in [2.24, 2.45) is 0 Å². The van der Waals surface area contributed by atoms with E-state index < -0.39 is 16.2 Å².